The van der Waals surface area contributed by atoms with E-state index in [2.05, 4.69) is 10.3 Å². The van der Waals surface area contributed by atoms with Crippen LogP contribution in [0.25, 0.3) is 0 Å². The Balaban J connectivity index is 2.30. The van der Waals surface area contributed by atoms with Gasteiger partial charge in [-0.2, -0.15) is 0 Å². The maximum Gasteiger partial charge on any atom is 0.213 e. The molecule has 1 N–H and O–H groups in total. The van der Waals surface area contributed by atoms with Gasteiger partial charge < -0.3 is 10.2 Å². The van der Waals surface area contributed by atoms with Crippen LogP contribution < -0.4 is 10.2 Å². The van der Waals surface area contributed by atoms with Gasteiger partial charge in [-0.3, -0.25) is 4.79 Å². The molecule has 0 spiro atoms. The minimum atomic E-state index is 0.749. The average Bonchev–Trinajstić information content (AvgIpc) is 2.40. The summed E-state index contributed by atoms with van der Waals surface area (Å²) in [6.07, 6.45) is 2.49. The monoisotopic (exact) mass is 227 g/mol. The summed E-state index contributed by atoms with van der Waals surface area (Å²) in [6.45, 7) is 0. The van der Waals surface area contributed by atoms with E-state index in [9.17, 15) is 4.79 Å². The fraction of sp³-hybridized carbons (Fsp3) is 0.0769. The molecule has 0 aliphatic heterocycles. The Hall–Kier alpha value is -2.36. The van der Waals surface area contributed by atoms with Gasteiger partial charge in [0, 0.05) is 13.2 Å². The molecule has 0 radical (unpaired) electrons. The zero-order chi connectivity index (χ0) is 12.1. The van der Waals surface area contributed by atoms with E-state index in [1.54, 1.807) is 13.2 Å². The lowest BCUT2D eigenvalue weighted by Crippen LogP contribution is -2.15. The van der Waals surface area contributed by atoms with Crippen LogP contribution in [-0.2, 0) is 4.79 Å². The molecule has 0 atom stereocenters. The van der Waals surface area contributed by atoms with E-state index in [0.717, 1.165) is 23.6 Å². The molecule has 0 unspecified atom stereocenters. The summed E-state index contributed by atoms with van der Waals surface area (Å²) in [7, 11) is 1.71. The van der Waals surface area contributed by atoms with Crippen molar-refractivity contribution in [2.75, 3.05) is 17.3 Å². The van der Waals surface area contributed by atoms with Crippen LogP contribution in [0.15, 0.2) is 48.7 Å². The van der Waals surface area contributed by atoms with Crippen LogP contribution in [-0.4, -0.2) is 18.4 Å². The summed E-state index contributed by atoms with van der Waals surface area (Å²) < 4.78 is 0. The highest BCUT2D eigenvalue weighted by molar-refractivity contribution is 5.84. The van der Waals surface area contributed by atoms with Crippen LogP contribution in [0.4, 0.5) is 17.2 Å². The Morgan fingerprint density at radius 2 is 1.94 bits per heavy atom. The van der Waals surface area contributed by atoms with Crippen molar-refractivity contribution in [1.29, 1.82) is 0 Å². The van der Waals surface area contributed by atoms with Crippen molar-refractivity contribution in [3.8, 4) is 0 Å². The highest BCUT2D eigenvalue weighted by Gasteiger charge is 2.05. The number of carbonyl (C=O) groups is 1. The molecular formula is C13H13N3O. The molecule has 0 fully saturated rings. The molecule has 1 amide bonds. The number of hydrogen-bond donors (Lipinski definition) is 1. The molecule has 1 heterocycles. The largest absolute Gasteiger partial charge is 0.339 e. The number of rotatable bonds is 4. The number of aromatic nitrogens is 1. The second kappa shape index (κ2) is 5.12. The third kappa shape index (κ3) is 2.60. The molecule has 0 aliphatic rings. The van der Waals surface area contributed by atoms with Gasteiger partial charge in [0.25, 0.3) is 0 Å². The first kappa shape index (κ1) is 11.1. The summed E-state index contributed by atoms with van der Waals surface area (Å²) >= 11 is 0. The zero-order valence-electron chi connectivity index (χ0n) is 9.50. The molecule has 4 heteroatoms. The van der Waals surface area contributed by atoms with Gasteiger partial charge in [0.15, 0.2) is 0 Å². The molecular weight excluding hydrogens is 214 g/mol. The maximum atomic E-state index is 10.8. The van der Waals surface area contributed by atoms with Crippen molar-refractivity contribution in [2.24, 2.45) is 0 Å². The number of amides is 1. The Morgan fingerprint density at radius 1 is 1.18 bits per heavy atom. The first-order valence-electron chi connectivity index (χ1n) is 5.26. The molecule has 0 saturated carbocycles. The maximum absolute atomic E-state index is 10.8. The van der Waals surface area contributed by atoms with Gasteiger partial charge in [0.2, 0.25) is 6.41 Å². The fourth-order valence-electron chi connectivity index (χ4n) is 1.52. The van der Waals surface area contributed by atoms with Crippen molar-refractivity contribution in [1.82, 2.24) is 4.98 Å². The third-order valence-corrected chi connectivity index (χ3v) is 2.37. The third-order valence-electron chi connectivity index (χ3n) is 2.37. The standard InChI is InChI=1S/C13H13N3O/c1-16(10-17)12-7-3-2-6-11(12)15-13-8-4-5-9-14-13/h2-10H,1H3,(H,14,15). The fourth-order valence-corrected chi connectivity index (χ4v) is 1.52. The van der Waals surface area contributed by atoms with Crippen LogP contribution in [0.3, 0.4) is 0 Å². The van der Waals surface area contributed by atoms with Crippen molar-refractivity contribution >= 4 is 23.6 Å². The molecule has 0 bridgehead atoms. The lowest BCUT2D eigenvalue weighted by atomic mass is 10.2. The van der Waals surface area contributed by atoms with E-state index >= 15 is 0 Å². The predicted octanol–water partition coefficient (Wildman–Crippen LogP) is 2.42. The Kier molecular flexibility index (Phi) is 3.35. The first-order chi connectivity index (χ1) is 8.31. The van der Waals surface area contributed by atoms with E-state index in [1.807, 2.05) is 42.5 Å². The number of nitrogens with zero attached hydrogens (tertiary/aromatic N) is 2. The molecule has 17 heavy (non-hydrogen) atoms. The number of para-hydroxylation sites is 2. The Labute approximate surface area is 99.9 Å². The summed E-state index contributed by atoms with van der Waals surface area (Å²) in [5.74, 6) is 0.749. The Bertz CT molecular complexity index is 499. The highest BCUT2D eigenvalue weighted by Crippen LogP contribution is 2.26. The molecule has 1 aromatic heterocycles. The lowest BCUT2D eigenvalue weighted by Gasteiger charge is -2.16. The number of hydrogen-bond acceptors (Lipinski definition) is 3. The van der Waals surface area contributed by atoms with E-state index in [1.165, 1.54) is 4.90 Å². The molecule has 2 aromatic rings. The molecule has 2 rings (SSSR count). The van der Waals surface area contributed by atoms with E-state index in [-0.39, 0.29) is 0 Å². The quantitative estimate of drug-likeness (QED) is 0.816. The van der Waals surface area contributed by atoms with Gasteiger partial charge in [-0.25, -0.2) is 4.98 Å². The van der Waals surface area contributed by atoms with Gasteiger partial charge in [0.05, 0.1) is 11.4 Å². The molecule has 0 saturated heterocycles. The van der Waals surface area contributed by atoms with Gasteiger partial charge in [-0.1, -0.05) is 18.2 Å². The second-order valence-corrected chi connectivity index (χ2v) is 3.57. The number of anilines is 3. The Morgan fingerprint density at radius 3 is 2.65 bits per heavy atom. The predicted molar refractivity (Wildman–Crippen MR) is 68.4 cm³/mol. The van der Waals surface area contributed by atoms with Crippen LogP contribution in [0, 0.1) is 0 Å². The smallest absolute Gasteiger partial charge is 0.213 e. The van der Waals surface area contributed by atoms with Crippen LogP contribution in [0.2, 0.25) is 0 Å². The molecule has 0 aliphatic carbocycles. The SMILES string of the molecule is CN(C=O)c1ccccc1Nc1ccccn1. The summed E-state index contributed by atoms with van der Waals surface area (Å²) in [4.78, 5) is 16.5. The average molecular weight is 227 g/mol. The van der Waals surface area contributed by atoms with Gasteiger partial charge >= 0.3 is 0 Å². The number of benzene rings is 1. The van der Waals surface area contributed by atoms with E-state index in [4.69, 9.17) is 0 Å². The van der Waals surface area contributed by atoms with Gasteiger partial charge in [0.1, 0.15) is 5.82 Å². The van der Waals surface area contributed by atoms with Gasteiger partial charge in [-0.05, 0) is 24.3 Å². The summed E-state index contributed by atoms with van der Waals surface area (Å²) in [5.41, 5.74) is 1.66. The summed E-state index contributed by atoms with van der Waals surface area (Å²) in [6, 6.07) is 13.2. The molecule has 1 aromatic carbocycles. The number of carbonyl (C=O) groups excluding carboxylic acids is 1. The molecule has 4 nitrogen and oxygen atoms in total. The van der Waals surface area contributed by atoms with Crippen molar-refractivity contribution < 1.29 is 4.79 Å². The lowest BCUT2D eigenvalue weighted by molar-refractivity contribution is -0.107. The normalized spacial score (nSPS) is 9.71. The van der Waals surface area contributed by atoms with Crippen molar-refractivity contribution in [2.45, 2.75) is 0 Å². The second-order valence-electron chi connectivity index (χ2n) is 3.57. The minimum Gasteiger partial charge on any atom is -0.339 e. The van der Waals surface area contributed by atoms with Crippen LogP contribution in [0.1, 0.15) is 0 Å². The minimum absolute atomic E-state index is 0.749. The van der Waals surface area contributed by atoms with Crippen LogP contribution >= 0.6 is 0 Å². The number of pyridine rings is 1. The zero-order valence-corrected chi connectivity index (χ0v) is 9.50. The van der Waals surface area contributed by atoms with E-state index < -0.39 is 0 Å². The first-order valence-corrected chi connectivity index (χ1v) is 5.26. The molecule has 86 valence electrons. The number of nitrogens with one attached hydrogen (secondary N) is 1. The highest BCUT2D eigenvalue weighted by atomic mass is 16.1. The van der Waals surface area contributed by atoms with E-state index in [0.29, 0.717) is 0 Å². The summed E-state index contributed by atoms with van der Waals surface area (Å²) in [5, 5.41) is 3.18. The topological polar surface area (TPSA) is 45.2 Å². The van der Waals surface area contributed by atoms with Crippen molar-refractivity contribution in [3.05, 3.63) is 48.7 Å². The van der Waals surface area contributed by atoms with Crippen molar-refractivity contribution in [3.63, 3.8) is 0 Å². The van der Waals surface area contributed by atoms with Crippen LogP contribution in [0.5, 0.6) is 0 Å². The van der Waals surface area contributed by atoms with Gasteiger partial charge in [-0.15, -0.1) is 0 Å².